The predicted octanol–water partition coefficient (Wildman–Crippen LogP) is 3.20. The Balaban J connectivity index is 2.43. The Morgan fingerprint density at radius 3 is 2.47 bits per heavy atom. The van der Waals surface area contributed by atoms with Gasteiger partial charge in [-0.15, -0.1) is 0 Å². The fourth-order valence-electron chi connectivity index (χ4n) is 3.09. The molecule has 0 heterocycles. The Morgan fingerprint density at radius 2 is 1.88 bits per heavy atom. The minimum absolute atomic E-state index is 0.316. The van der Waals surface area contributed by atoms with E-state index in [1.807, 2.05) is 0 Å². The highest BCUT2D eigenvalue weighted by Crippen LogP contribution is 2.37. The van der Waals surface area contributed by atoms with Gasteiger partial charge in [0.1, 0.15) is 0 Å². The van der Waals surface area contributed by atoms with Gasteiger partial charge >= 0.3 is 0 Å². The number of aliphatic hydroxyl groups is 1. The third-order valence-electron chi connectivity index (χ3n) is 4.23. The first-order valence-electron chi connectivity index (χ1n) is 7.29. The zero-order valence-electron chi connectivity index (χ0n) is 12.1. The zero-order valence-corrected chi connectivity index (χ0v) is 12.1. The smallest absolute Gasteiger partial charge is 0.0434 e. The minimum atomic E-state index is 0.316. The van der Waals surface area contributed by atoms with Gasteiger partial charge in [0.25, 0.3) is 0 Å². The molecule has 0 amide bonds. The minimum Gasteiger partial charge on any atom is -0.396 e. The van der Waals surface area contributed by atoms with Gasteiger partial charge in [0.15, 0.2) is 0 Å². The lowest BCUT2D eigenvalue weighted by Gasteiger charge is -2.41. The van der Waals surface area contributed by atoms with Crippen molar-refractivity contribution in [1.82, 2.24) is 5.32 Å². The van der Waals surface area contributed by atoms with E-state index in [9.17, 15) is 0 Å². The summed E-state index contributed by atoms with van der Waals surface area (Å²) in [6.45, 7) is 10.7. The number of hydrogen-bond acceptors (Lipinski definition) is 2. The summed E-state index contributed by atoms with van der Waals surface area (Å²) in [4.78, 5) is 0. The maximum atomic E-state index is 8.93. The van der Waals surface area contributed by atoms with E-state index in [4.69, 9.17) is 5.11 Å². The summed E-state index contributed by atoms with van der Waals surface area (Å²) >= 11 is 0. The Morgan fingerprint density at radius 1 is 1.24 bits per heavy atom. The zero-order chi connectivity index (χ0) is 12.9. The van der Waals surface area contributed by atoms with Crippen LogP contribution in [0.5, 0.6) is 0 Å². The molecule has 3 unspecified atom stereocenters. The molecule has 0 saturated heterocycles. The van der Waals surface area contributed by atoms with Crippen LogP contribution in [0.15, 0.2) is 0 Å². The molecule has 2 heteroatoms. The quantitative estimate of drug-likeness (QED) is 0.775. The molecule has 0 radical (unpaired) electrons. The highest BCUT2D eigenvalue weighted by atomic mass is 16.3. The van der Waals surface area contributed by atoms with E-state index in [1.54, 1.807) is 0 Å². The van der Waals surface area contributed by atoms with Gasteiger partial charge in [-0.05, 0) is 43.1 Å². The average Bonchev–Trinajstić information content (AvgIpc) is 2.26. The second-order valence-corrected chi connectivity index (χ2v) is 6.89. The summed E-state index contributed by atoms with van der Waals surface area (Å²) in [5.41, 5.74) is 0.415. The third-order valence-corrected chi connectivity index (χ3v) is 4.23. The Hall–Kier alpha value is -0.0800. The normalized spacial score (nSPS) is 28.1. The third kappa shape index (κ3) is 4.97. The fourth-order valence-corrected chi connectivity index (χ4v) is 3.09. The van der Waals surface area contributed by atoms with E-state index in [0.717, 1.165) is 18.9 Å². The molecule has 0 aromatic rings. The molecule has 1 fully saturated rings. The molecule has 0 bridgehead atoms. The van der Waals surface area contributed by atoms with Crippen molar-refractivity contribution < 1.29 is 5.11 Å². The van der Waals surface area contributed by atoms with Gasteiger partial charge in [0, 0.05) is 12.6 Å². The van der Waals surface area contributed by atoms with E-state index in [1.165, 1.54) is 25.7 Å². The largest absolute Gasteiger partial charge is 0.396 e. The molecule has 17 heavy (non-hydrogen) atoms. The van der Waals surface area contributed by atoms with Crippen LogP contribution in [-0.2, 0) is 0 Å². The fraction of sp³-hybridized carbons (Fsp3) is 1.00. The van der Waals surface area contributed by atoms with Crippen molar-refractivity contribution in [3.05, 3.63) is 0 Å². The van der Waals surface area contributed by atoms with Crippen molar-refractivity contribution in [1.29, 1.82) is 0 Å². The van der Waals surface area contributed by atoms with E-state index in [2.05, 4.69) is 33.0 Å². The summed E-state index contributed by atoms with van der Waals surface area (Å²) < 4.78 is 0. The van der Waals surface area contributed by atoms with Crippen LogP contribution in [0.2, 0.25) is 0 Å². The van der Waals surface area contributed by atoms with Crippen molar-refractivity contribution in [3.63, 3.8) is 0 Å². The molecular formula is C15H31NO. The lowest BCUT2D eigenvalue weighted by Crippen LogP contribution is -2.45. The van der Waals surface area contributed by atoms with Gasteiger partial charge in [0.2, 0.25) is 0 Å². The first-order chi connectivity index (χ1) is 7.95. The van der Waals surface area contributed by atoms with Crippen molar-refractivity contribution in [3.8, 4) is 0 Å². The second kappa shape index (κ2) is 6.75. The maximum Gasteiger partial charge on any atom is 0.0434 e. The molecule has 1 aliphatic rings. The summed E-state index contributed by atoms with van der Waals surface area (Å²) in [6.07, 6.45) is 6.38. The van der Waals surface area contributed by atoms with E-state index >= 15 is 0 Å². The van der Waals surface area contributed by atoms with Crippen LogP contribution >= 0.6 is 0 Å². The molecule has 0 spiro atoms. The van der Waals surface area contributed by atoms with E-state index < -0.39 is 0 Å². The number of rotatable bonds is 5. The second-order valence-electron chi connectivity index (χ2n) is 6.89. The molecule has 1 saturated carbocycles. The molecular weight excluding hydrogens is 210 g/mol. The molecule has 2 N–H and O–H groups in total. The van der Waals surface area contributed by atoms with Gasteiger partial charge < -0.3 is 10.4 Å². The van der Waals surface area contributed by atoms with Gasteiger partial charge in [-0.2, -0.15) is 0 Å². The molecule has 1 aliphatic carbocycles. The summed E-state index contributed by atoms with van der Waals surface area (Å²) in [5, 5.41) is 12.7. The highest BCUT2D eigenvalue weighted by molar-refractivity contribution is 4.88. The SMILES string of the molecule is CC(CCO)CNC1CCCCC1C(C)(C)C. The van der Waals surface area contributed by atoms with Gasteiger partial charge in [-0.1, -0.05) is 40.5 Å². The molecule has 2 nitrogen and oxygen atoms in total. The Bertz CT molecular complexity index is 209. The predicted molar refractivity (Wildman–Crippen MR) is 74.1 cm³/mol. The average molecular weight is 241 g/mol. The van der Waals surface area contributed by atoms with Gasteiger partial charge in [-0.25, -0.2) is 0 Å². The number of hydrogen-bond donors (Lipinski definition) is 2. The lowest BCUT2D eigenvalue weighted by molar-refractivity contribution is 0.127. The number of aliphatic hydroxyl groups excluding tert-OH is 1. The topological polar surface area (TPSA) is 32.3 Å². The Labute approximate surface area is 107 Å². The van der Waals surface area contributed by atoms with Crippen LogP contribution in [0.4, 0.5) is 0 Å². The van der Waals surface area contributed by atoms with Gasteiger partial charge in [-0.3, -0.25) is 0 Å². The van der Waals surface area contributed by atoms with Crippen molar-refractivity contribution >= 4 is 0 Å². The molecule has 0 aromatic carbocycles. The van der Waals surface area contributed by atoms with Crippen LogP contribution in [0.3, 0.4) is 0 Å². The molecule has 102 valence electrons. The van der Waals surface area contributed by atoms with E-state index in [0.29, 0.717) is 24.0 Å². The Kier molecular flexibility index (Phi) is 5.94. The van der Waals surface area contributed by atoms with Crippen molar-refractivity contribution in [2.24, 2.45) is 17.3 Å². The summed E-state index contributed by atoms with van der Waals surface area (Å²) in [5.74, 6) is 1.39. The van der Waals surface area contributed by atoms with Crippen LogP contribution in [0, 0.1) is 17.3 Å². The van der Waals surface area contributed by atoms with E-state index in [-0.39, 0.29) is 0 Å². The van der Waals surface area contributed by atoms with Crippen LogP contribution < -0.4 is 5.32 Å². The maximum absolute atomic E-state index is 8.93. The first-order valence-corrected chi connectivity index (χ1v) is 7.29. The van der Waals surface area contributed by atoms with Crippen LogP contribution in [0.1, 0.15) is 59.8 Å². The van der Waals surface area contributed by atoms with Crippen molar-refractivity contribution in [2.75, 3.05) is 13.2 Å². The van der Waals surface area contributed by atoms with Crippen LogP contribution in [0.25, 0.3) is 0 Å². The highest BCUT2D eigenvalue weighted by Gasteiger charge is 2.33. The number of nitrogens with one attached hydrogen (secondary N) is 1. The molecule has 0 aromatic heterocycles. The van der Waals surface area contributed by atoms with Crippen molar-refractivity contribution in [2.45, 2.75) is 65.8 Å². The molecule has 1 rings (SSSR count). The van der Waals surface area contributed by atoms with Gasteiger partial charge in [0.05, 0.1) is 0 Å². The molecule has 0 aliphatic heterocycles. The standard InChI is InChI=1S/C15H31NO/c1-12(9-10-17)11-16-14-8-6-5-7-13(14)15(2,3)4/h12-14,16-17H,5-11H2,1-4H3. The first kappa shape index (κ1) is 15.0. The summed E-state index contributed by atoms with van der Waals surface area (Å²) in [6, 6.07) is 0.685. The molecule has 3 atom stereocenters. The lowest BCUT2D eigenvalue weighted by atomic mass is 9.69. The summed E-state index contributed by atoms with van der Waals surface area (Å²) in [7, 11) is 0. The van der Waals surface area contributed by atoms with Crippen LogP contribution in [-0.4, -0.2) is 24.3 Å². The monoisotopic (exact) mass is 241 g/mol.